The minimum absolute atomic E-state index is 0.0793. The topological polar surface area (TPSA) is 106 Å². The molecule has 1 aliphatic heterocycles. The number of carbonyl (C=O) groups is 2. The average molecular weight is 336 g/mol. The lowest BCUT2D eigenvalue weighted by Gasteiger charge is -2.29. The van der Waals surface area contributed by atoms with Crippen molar-refractivity contribution in [3.8, 4) is 11.5 Å². The molecule has 0 spiro atoms. The Balaban J connectivity index is 2.49. The van der Waals surface area contributed by atoms with E-state index in [1.54, 1.807) is 26.0 Å². The second kappa shape index (κ2) is 7.69. The van der Waals surface area contributed by atoms with Crippen LogP contribution in [0.1, 0.15) is 25.5 Å². The average Bonchev–Trinajstić information content (AvgIpc) is 2.54. The SMILES string of the molecule is CCOc1c(O)cccc1C1NC(=O)NC(C)=C1C(=O)OCOC. The monoisotopic (exact) mass is 336 g/mol. The Hall–Kier alpha value is -2.74. The van der Waals surface area contributed by atoms with Crippen LogP contribution in [0.2, 0.25) is 0 Å². The standard InChI is InChI=1S/C16H20N2O6/c1-4-23-14-10(6-5-7-11(14)19)13-12(15(20)24-8-22-3)9(2)17-16(21)18-13/h5-7,13,19H,4,8H2,1-3H3,(H2,17,18,21). The molecule has 1 unspecified atom stereocenters. The number of hydrogen-bond acceptors (Lipinski definition) is 6. The van der Waals surface area contributed by atoms with E-state index in [9.17, 15) is 14.7 Å². The number of methoxy groups -OCH3 is 1. The van der Waals surface area contributed by atoms with Gasteiger partial charge in [-0.1, -0.05) is 12.1 Å². The summed E-state index contributed by atoms with van der Waals surface area (Å²) in [6.07, 6.45) is 0. The predicted molar refractivity (Wildman–Crippen MR) is 84.4 cm³/mol. The van der Waals surface area contributed by atoms with Crippen LogP contribution in [0.5, 0.6) is 11.5 Å². The fourth-order valence-corrected chi connectivity index (χ4v) is 2.46. The lowest BCUT2D eigenvalue weighted by molar-refractivity contribution is -0.149. The summed E-state index contributed by atoms with van der Waals surface area (Å²) in [7, 11) is 1.40. The van der Waals surface area contributed by atoms with E-state index in [0.29, 0.717) is 17.9 Å². The van der Waals surface area contributed by atoms with Crippen LogP contribution in [0.3, 0.4) is 0 Å². The smallest absolute Gasteiger partial charge is 0.340 e. The van der Waals surface area contributed by atoms with Gasteiger partial charge in [-0.3, -0.25) is 0 Å². The molecule has 0 fully saturated rings. The lowest BCUT2D eigenvalue weighted by Crippen LogP contribution is -2.45. The molecule has 0 bridgehead atoms. The summed E-state index contributed by atoms with van der Waals surface area (Å²) < 4.78 is 15.2. The van der Waals surface area contributed by atoms with Gasteiger partial charge in [0, 0.05) is 18.4 Å². The molecule has 0 saturated heterocycles. The second-order valence-corrected chi connectivity index (χ2v) is 5.04. The Kier molecular flexibility index (Phi) is 5.64. The van der Waals surface area contributed by atoms with E-state index in [0.717, 1.165) is 0 Å². The molecule has 1 atom stereocenters. The van der Waals surface area contributed by atoms with Crippen molar-refractivity contribution in [2.24, 2.45) is 0 Å². The summed E-state index contributed by atoms with van der Waals surface area (Å²) in [5.74, 6) is -0.515. The van der Waals surface area contributed by atoms with Gasteiger partial charge in [0.05, 0.1) is 18.2 Å². The van der Waals surface area contributed by atoms with Gasteiger partial charge in [0.25, 0.3) is 0 Å². The van der Waals surface area contributed by atoms with Gasteiger partial charge in [-0.2, -0.15) is 0 Å². The quantitative estimate of drug-likeness (QED) is 0.538. The number of hydrogen-bond donors (Lipinski definition) is 3. The summed E-state index contributed by atoms with van der Waals surface area (Å²) in [5, 5.41) is 15.2. The van der Waals surface area contributed by atoms with Gasteiger partial charge < -0.3 is 30.0 Å². The molecule has 24 heavy (non-hydrogen) atoms. The molecule has 0 aromatic heterocycles. The largest absolute Gasteiger partial charge is 0.504 e. The van der Waals surface area contributed by atoms with Crippen molar-refractivity contribution in [1.82, 2.24) is 10.6 Å². The second-order valence-electron chi connectivity index (χ2n) is 5.04. The van der Waals surface area contributed by atoms with Crippen molar-refractivity contribution >= 4 is 12.0 Å². The van der Waals surface area contributed by atoms with Crippen LogP contribution in [0.25, 0.3) is 0 Å². The number of rotatable bonds is 6. The van der Waals surface area contributed by atoms with Crippen molar-refractivity contribution in [2.45, 2.75) is 19.9 Å². The highest BCUT2D eigenvalue weighted by Gasteiger charge is 2.34. The molecule has 3 N–H and O–H groups in total. The molecule has 1 aromatic rings. The fraction of sp³-hybridized carbons (Fsp3) is 0.375. The number of carbonyl (C=O) groups excluding carboxylic acids is 2. The van der Waals surface area contributed by atoms with Gasteiger partial charge in [0.15, 0.2) is 18.3 Å². The molecule has 2 rings (SSSR count). The molecular weight excluding hydrogens is 316 g/mol. The zero-order chi connectivity index (χ0) is 17.7. The molecule has 8 nitrogen and oxygen atoms in total. The number of aromatic hydroxyl groups is 1. The number of amides is 2. The van der Waals surface area contributed by atoms with Gasteiger partial charge in [0.2, 0.25) is 0 Å². The molecule has 8 heteroatoms. The van der Waals surface area contributed by atoms with Crippen LogP contribution < -0.4 is 15.4 Å². The number of nitrogens with one attached hydrogen (secondary N) is 2. The Bertz CT molecular complexity index is 671. The van der Waals surface area contributed by atoms with Crippen molar-refractivity contribution < 1.29 is 28.9 Å². The molecule has 0 aliphatic carbocycles. The third-order valence-corrected chi connectivity index (χ3v) is 3.42. The van der Waals surface area contributed by atoms with Crippen LogP contribution in [-0.4, -0.2) is 37.6 Å². The minimum Gasteiger partial charge on any atom is -0.504 e. The first-order valence-corrected chi connectivity index (χ1v) is 7.38. The van der Waals surface area contributed by atoms with Gasteiger partial charge >= 0.3 is 12.0 Å². The minimum atomic E-state index is -0.822. The number of ether oxygens (including phenoxy) is 3. The van der Waals surface area contributed by atoms with Gasteiger partial charge in [-0.05, 0) is 19.9 Å². The predicted octanol–water partition coefficient (Wildman–Crippen LogP) is 1.57. The molecule has 2 amide bonds. The molecule has 130 valence electrons. The molecule has 1 aliphatic rings. The van der Waals surface area contributed by atoms with E-state index in [1.807, 2.05) is 0 Å². The first kappa shape index (κ1) is 17.6. The van der Waals surface area contributed by atoms with Crippen molar-refractivity contribution in [2.75, 3.05) is 20.5 Å². The number of phenolic OH excluding ortho intramolecular Hbond substituents is 1. The summed E-state index contributed by atoms with van der Waals surface area (Å²) in [4.78, 5) is 24.2. The first-order chi connectivity index (χ1) is 11.5. The number of allylic oxidation sites excluding steroid dienone is 1. The zero-order valence-electron chi connectivity index (χ0n) is 13.7. The summed E-state index contributed by atoms with van der Waals surface area (Å²) in [5.41, 5.74) is 1.02. The maximum Gasteiger partial charge on any atom is 0.340 e. The van der Waals surface area contributed by atoms with Gasteiger partial charge in [0.1, 0.15) is 0 Å². The molecule has 0 saturated carbocycles. The highest BCUT2D eigenvalue weighted by molar-refractivity contribution is 5.95. The number of urea groups is 1. The maximum absolute atomic E-state index is 12.4. The summed E-state index contributed by atoms with van der Waals surface area (Å²) >= 11 is 0. The molecular formula is C16H20N2O6. The summed E-state index contributed by atoms with van der Waals surface area (Å²) in [6, 6.07) is 3.45. The Labute approximate surface area is 139 Å². The van der Waals surface area contributed by atoms with E-state index >= 15 is 0 Å². The summed E-state index contributed by atoms with van der Waals surface area (Å²) in [6.45, 7) is 3.47. The number of esters is 1. The first-order valence-electron chi connectivity index (χ1n) is 7.38. The third-order valence-electron chi connectivity index (χ3n) is 3.42. The number of benzene rings is 1. The van der Waals surface area contributed by atoms with E-state index in [2.05, 4.69) is 10.6 Å². The Morgan fingerprint density at radius 3 is 2.79 bits per heavy atom. The molecule has 1 aromatic carbocycles. The van der Waals surface area contributed by atoms with Gasteiger partial charge in [-0.25, -0.2) is 9.59 Å². The third kappa shape index (κ3) is 3.60. The van der Waals surface area contributed by atoms with Crippen molar-refractivity contribution in [3.05, 3.63) is 35.0 Å². The normalized spacial score (nSPS) is 17.1. The van der Waals surface area contributed by atoms with E-state index in [4.69, 9.17) is 14.2 Å². The fourth-order valence-electron chi connectivity index (χ4n) is 2.46. The highest BCUT2D eigenvalue weighted by atomic mass is 16.7. The maximum atomic E-state index is 12.4. The van der Waals surface area contributed by atoms with Gasteiger partial charge in [-0.15, -0.1) is 0 Å². The highest BCUT2D eigenvalue weighted by Crippen LogP contribution is 2.38. The van der Waals surface area contributed by atoms with Crippen LogP contribution in [-0.2, 0) is 14.3 Å². The Morgan fingerprint density at radius 2 is 2.12 bits per heavy atom. The van der Waals surface area contributed by atoms with Crippen LogP contribution >= 0.6 is 0 Å². The van der Waals surface area contributed by atoms with E-state index < -0.39 is 18.0 Å². The van der Waals surface area contributed by atoms with Crippen LogP contribution in [0, 0.1) is 0 Å². The zero-order valence-corrected chi connectivity index (χ0v) is 13.7. The van der Waals surface area contributed by atoms with Crippen molar-refractivity contribution in [1.29, 1.82) is 0 Å². The van der Waals surface area contributed by atoms with E-state index in [-0.39, 0.29) is 23.9 Å². The lowest BCUT2D eigenvalue weighted by atomic mass is 9.94. The number of para-hydroxylation sites is 1. The Morgan fingerprint density at radius 1 is 1.38 bits per heavy atom. The number of phenols is 1. The molecule has 0 radical (unpaired) electrons. The molecule has 1 heterocycles. The van der Waals surface area contributed by atoms with Crippen molar-refractivity contribution in [3.63, 3.8) is 0 Å². The van der Waals surface area contributed by atoms with E-state index in [1.165, 1.54) is 13.2 Å². The van der Waals surface area contributed by atoms with Crippen LogP contribution in [0.4, 0.5) is 4.79 Å². The van der Waals surface area contributed by atoms with Crippen LogP contribution in [0.15, 0.2) is 29.5 Å².